The average molecular weight is 449 g/mol. The van der Waals surface area contributed by atoms with E-state index in [1.807, 2.05) is 43.3 Å². The number of hydrogen-bond donors (Lipinski definition) is 1. The number of rotatable bonds is 9. The Bertz CT molecular complexity index is 1170. The van der Waals surface area contributed by atoms with E-state index in [4.69, 9.17) is 14.6 Å². The molecule has 1 N–H and O–H groups in total. The van der Waals surface area contributed by atoms with Gasteiger partial charge >= 0.3 is 5.97 Å². The molecule has 1 atom stereocenters. The molecule has 1 aliphatic rings. The van der Waals surface area contributed by atoms with E-state index in [9.17, 15) is 9.18 Å². The van der Waals surface area contributed by atoms with Crippen LogP contribution >= 0.6 is 0 Å². The second-order valence-electron chi connectivity index (χ2n) is 9.15. The van der Waals surface area contributed by atoms with Crippen LogP contribution in [-0.4, -0.2) is 18.2 Å². The molecule has 3 aromatic carbocycles. The van der Waals surface area contributed by atoms with Crippen molar-refractivity contribution < 1.29 is 23.8 Å². The molecule has 5 heteroatoms. The van der Waals surface area contributed by atoms with Gasteiger partial charge in [-0.3, -0.25) is 4.79 Å². The van der Waals surface area contributed by atoms with Crippen LogP contribution in [-0.2, 0) is 16.8 Å². The Kier molecular flexibility index (Phi) is 6.41. The van der Waals surface area contributed by atoms with Gasteiger partial charge in [0.1, 0.15) is 23.9 Å². The van der Waals surface area contributed by atoms with Crippen molar-refractivity contribution in [1.82, 2.24) is 0 Å². The molecular formula is C28H29FO4. The van der Waals surface area contributed by atoms with Gasteiger partial charge in [-0.05, 0) is 76.8 Å². The Hall–Kier alpha value is -3.34. The largest absolute Gasteiger partial charge is 0.497 e. The number of carboxylic acids is 1. The molecule has 0 heterocycles. The van der Waals surface area contributed by atoms with Crippen LogP contribution in [0, 0.1) is 5.82 Å². The highest BCUT2D eigenvalue weighted by atomic mass is 19.1. The molecule has 0 aliphatic heterocycles. The van der Waals surface area contributed by atoms with Crippen LogP contribution in [0.5, 0.6) is 11.5 Å². The molecule has 172 valence electrons. The molecule has 0 unspecified atom stereocenters. The summed E-state index contributed by atoms with van der Waals surface area (Å²) in [7, 11) is 1.58. The number of hydrogen-bond acceptors (Lipinski definition) is 3. The quantitative estimate of drug-likeness (QED) is 0.395. The van der Waals surface area contributed by atoms with Crippen molar-refractivity contribution in [3.05, 3.63) is 83.2 Å². The smallest absolute Gasteiger partial charge is 0.303 e. The zero-order chi connectivity index (χ0) is 23.6. The van der Waals surface area contributed by atoms with E-state index >= 15 is 0 Å². The van der Waals surface area contributed by atoms with Crippen LogP contribution in [0.2, 0.25) is 0 Å². The van der Waals surface area contributed by atoms with Gasteiger partial charge in [-0.1, -0.05) is 44.2 Å². The van der Waals surface area contributed by atoms with Gasteiger partial charge in [-0.2, -0.15) is 0 Å². The standard InChI is InChI=1S/C28H29FO4/c1-18(13-27(30)31)20-5-4-6-22(15-20)33-17-19-7-9-23(25(14-19)28(2)11-12-28)24-16-21(32-3)8-10-26(24)29/h4-10,14-16,18H,11-13,17H2,1-3H3,(H,30,31)/t18-/m1/s1. The monoisotopic (exact) mass is 448 g/mol. The van der Waals surface area contributed by atoms with Crippen LogP contribution < -0.4 is 9.47 Å². The maximum absolute atomic E-state index is 14.7. The van der Waals surface area contributed by atoms with Gasteiger partial charge in [-0.25, -0.2) is 4.39 Å². The minimum atomic E-state index is -0.817. The van der Waals surface area contributed by atoms with Gasteiger partial charge in [-0.15, -0.1) is 0 Å². The van der Waals surface area contributed by atoms with Crippen LogP contribution in [0.1, 0.15) is 55.7 Å². The SMILES string of the molecule is COc1ccc(F)c(-c2ccc(COc3cccc([C@H](C)CC(=O)O)c3)cc2C2(C)CC2)c1. The van der Waals surface area contributed by atoms with Gasteiger partial charge in [0, 0.05) is 5.56 Å². The number of carbonyl (C=O) groups is 1. The Morgan fingerprint density at radius 2 is 1.85 bits per heavy atom. The molecule has 0 bridgehead atoms. The summed E-state index contributed by atoms with van der Waals surface area (Å²) in [6.45, 7) is 4.48. The van der Waals surface area contributed by atoms with E-state index in [-0.39, 0.29) is 23.6 Å². The van der Waals surface area contributed by atoms with E-state index in [0.29, 0.717) is 23.7 Å². The van der Waals surface area contributed by atoms with Gasteiger partial charge in [0.15, 0.2) is 0 Å². The highest BCUT2D eigenvalue weighted by Crippen LogP contribution is 2.51. The molecule has 1 saturated carbocycles. The summed E-state index contributed by atoms with van der Waals surface area (Å²) in [5.41, 5.74) is 4.54. The van der Waals surface area contributed by atoms with Gasteiger partial charge in [0.2, 0.25) is 0 Å². The number of benzene rings is 3. The lowest BCUT2D eigenvalue weighted by Crippen LogP contribution is -2.06. The van der Waals surface area contributed by atoms with Gasteiger partial charge < -0.3 is 14.6 Å². The first-order valence-electron chi connectivity index (χ1n) is 11.2. The Morgan fingerprint density at radius 1 is 1.06 bits per heavy atom. The molecule has 33 heavy (non-hydrogen) atoms. The summed E-state index contributed by atoms with van der Waals surface area (Å²) in [6.07, 6.45) is 2.21. The first-order chi connectivity index (χ1) is 15.8. The lowest BCUT2D eigenvalue weighted by atomic mass is 9.88. The lowest BCUT2D eigenvalue weighted by Gasteiger charge is -2.19. The topological polar surface area (TPSA) is 55.8 Å². The first-order valence-corrected chi connectivity index (χ1v) is 11.2. The highest BCUT2D eigenvalue weighted by molar-refractivity contribution is 5.72. The summed E-state index contributed by atoms with van der Waals surface area (Å²) in [5.74, 6) is 0.152. The Labute approximate surface area is 194 Å². The molecule has 1 fully saturated rings. The normalized spacial score (nSPS) is 15.0. The molecule has 4 rings (SSSR count). The van der Waals surface area contributed by atoms with Crippen LogP contribution in [0.15, 0.2) is 60.7 Å². The highest BCUT2D eigenvalue weighted by Gasteiger charge is 2.41. The van der Waals surface area contributed by atoms with Crippen molar-refractivity contribution in [2.24, 2.45) is 0 Å². The third-order valence-corrected chi connectivity index (χ3v) is 6.51. The minimum Gasteiger partial charge on any atom is -0.497 e. The van der Waals surface area contributed by atoms with E-state index in [2.05, 4.69) is 13.0 Å². The van der Waals surface area contributed by atoms with Crippen molar-refractivity contribution in [3.63, 3.8) is 0 Å². The Balaban J connectivity index is 1.58. The molecule has 0 spiro atoms. The Morgan fingerprint density at radius 3 is 2.55 bits per heavy atom. The number of carboxylic acid groups (broad SMARTS) is 1. The van der Waals surface area contributed by atoms with Crippen LogP contribution in [0.3, 0.4) is 0 Å². The zero-order valence-corrected chi connectivity index (χ0v) is 19.2. The molecule has 0 saturated heterocycles. The molecule has 0 radical (unpaired) electrons. The van der Waals surface area contributed by atoms with E-state index in [1.54, 1.807) is 19.2 Å². The van der Waals surface area contributed by atoms with Gasteiger partial charge in [0.25, 0.3) is 0 Å². The van der Waals surface area contributed by atoms with Crippen molar-refractivity contribution in [1.29, 1.82) is 0 Å². The van der Waals surface area contributed by atoms with Crippen molar-refractivity contribution in [3.8, 4) is 22.6 Å². The zero-order valence-electron chi connectivity index (χ0n) is 19.2. The van der Waals surface area contributed by atoms with Gasteiger partial charge in [0.05, 0.1) is 13.5 Å². The van der Waals surface area contributed by atoms with Crippen molar-refractivity contribution in [2.75, 3.05) is 7.11 Å². The molecule has 1 aliphatic carbocycles. The second-order valence-corrected chi connectivity index (χ2v) is 9.15. The van der Waals surface area contributed by atoms with Crippen LogP contribution in [0.25, 0.3) is 11.1 Å². The predicted octanol–water partition coefficient (Wildman–Crippen LogP) is 6.71. The maximum atomic E-state index is 14.7. The summed E-state index contributed by atoms with van der Waals surface area (Å²) in [4.78, 5) is 11.0. The minimum absolute atomic E-state index is 0.0348. The number of ether oxygens (including phenoxy) is 2. The predicted molar refractivity (Wildman–Crippen MR) is 126 cm³/mol. The molecular weight excluding hydrogens is 419 g/mol. The number of methoxy groups -OCH3 is 1. The molecule has 0 amide bonds. The fourth-order valence-electron chi connectivity index (χ4n) is 4.17. The lowest BCUT2D eigenvalue weighted by molar-refractivity contribution is -0.137. The fourth-order valence-corrected chi connectivity index (χ4v) is 4.17. The summed E-state index contributed by atoms with van der Waals surface area (Å²) in [5, 5.41) is 9.05. The molecule has 0 aromatic heterocycles. The summed E-state index contributed by atoms with van der Waals surface area (Å²) in [6, 6.07) is 18.5. The van der Waals surface area contributed by atoms with Crippen molar-refractivity contribution in [2.45, 2.75) is 51.0 Å². The molecule has 4 nitrogen and oxygen atoms in total. The maximum Gasteiger partial charge on any atom is 0.303 e. The third-order valence-electron chi connectivity index (χ3n) is 6.51. The van der Waals surface area contributed by atoms with E-state index in [0.717, 1.165) is 35.1 Å². The average Bonchev–Trinajstić information content (AvgIpc) is 3.56. The van der Waals surface area contributed by atoms with Crippen LogP contribution in [0.4, 0.5) is 4.39 Å². The number of aliphatic carboxylic acids is 1. The summed E-state index contributed by atoms with van der Waals surface area (Å²) < 4.78 is 26.1. The van der Waals surface area contributed by atoms with E-state index in [1.165, 1.54) is 6.07 Å². The number of halogens is 1. The van der Waals surface area contributed by atoms with Crippen molar-refractivity contribution >= 4 is 5.97 Å². The van der Waals surface area contributed by atoms with E-state index < -0.39 is 5.97 Å². The molecule has 3 aromatic rings. The summed E-state index contributed by atoms with van der Waals surface area (Å²) >= 11 is 0. The third kappa shape index (κ3) is 5.19. The fraction of sp³-hybridized carbons (Fsp3) is 0.321. The second kappa shape index (κ2) is 9.26. The first kappa shape index (κ1) is 22.8.